The molecule has 1 N–H and O–H groups in total. The molecule has 0 aliphatic carbocycles. The summed E-state index contributed by atoms with van der Waals surface area (Å²) in [5.74, 6) is 0. The molecule has 1 aromatic heterocycles. The molecule has 0 saturated carbocycles. The molecule has 0 saturated heterocycles. The summed E-state index contributed by atoms with van der Waals surface area (Å²) in [6.07, 6.45) is 0. The van der Waals surface area contributed by atoms with Gasteiger partial charge in [0, 0.05) is 15.9 Å². The highest BCUT2D eigenvalue weighted by Crippen LogP contribution is 2.23. The van der Waals surface area contributed by atoms with E-state index < -0.39 is 0 Å². The van der Waals surface area contributed by atoms with Crippen molar-refractivity contribution in [1.29, 1.82) is 0 Å². The number of aryl methyl sites for hydroxylation is 2. The molecule has 0 radical (unpaired) electrons. The second-order valence-corrected chi connectivity index (χ2v) is 4.96. The van der Waals surface area contributed by atoms with Gasteiger partial charge in [0.15, 0.2) is 0 Å². The summed E-state index contributed by atoms with van der Waals surface area (Å²) in [5, 5.41) is 3.39. The third-order valence-electron chi connectivity index (χ3n) is 2.53. The summed E-state index contributed by atoms with van der Waals surface area (Å²) < 4.78 is 1.08. The molecule has 2 aromatic rings. The Morgan fingerprint density at radius 2 is 2.00 bits per heavy atom. The van der Waals surface area contributed by atoms with Crippen molar-refractivity contribution in [3.8, 4) is 0 Å². The summed E-state index contributed by atoms with van der Waals surface area (Å²) in [4.78, 5) is 4.46. The van der Waals surface area contributed by atoms with Gasteiger partial charge in [-0.3, -0.25) is 4.98 Å². The number of nitrogens with one attached hydrogen (secondary N) is 1. The molecule has 0 spiro atoms. The fourth-order valence-corrected chi connectivity index (χ4v) is 2.05. The third-order valence-corrected chi connectivity index (χ3v) is 3.22. The molecule has 0 aliphatic heterocycles. The summed E-state index contributed by atoms with van der Waals surface area (Å²) in [5.41, 5.74) is 4.45. The van der Waals surface area contributed by atoms with Crippen LogP contribution in [0.2, 0.25) is 0 Å². The van der Waals surface area contributed by atoms with Crippen LogP contribution in [0, 0.1) is 13.8 Å². The third kappa shape index (κ3) is 3.30. The van der Waals surface area contributed by atoms with Crippen molar-refractivity contribution in [2.75, 3.05) is 5.32 Å². The lowest BCUT2D eigenvalue weighted by Gasteiger charge is -2.09. The Balaban J connectivity index is 2.09. The number of aromatic nitrogens is 1. The number of halogens is 1. The molecular formula is C14H15BrN2. The minimum absolute atomic E-state index is 0.740. The maximum Gasteiger partial charge on any atom is 0.0597 e. The van der Waals surface area contributed by atoms with Crippen molar-refractivity contribution in [3.63, 3.8) is 0 Å². The number of anilines is 1. The first-order chi connectivity index (χ1) is 8.15. The average Bonchev–Trinajstić information content (AvgIpc) is 2.30. The highest BCUT2D eigenvalue weighted by molar-refractivity contribution is 9.10. The predicted octanol–water partition coefficient (Wildman–Crippen LogP) is 4.07. The van der Waals surface area contributed by atoms with Gasteiger partial charge in [-0.2, -0.15) is 0 Å². The van der Waals surface area contributed by atoms with E-state index in [0.29, 0.717) is 0 Å². The SMILES string of the molecule is Cc1ccc(Br)c(NCc2cccc(C)n2)c1. The summed E-state index contributed by atoms with van der Waals surface area (Å²) in [6, 6.07) is 12.3. The van der Waals surface area contributed by atoms with Crippen LogP contribution in [-0.4, -0.2) is 4.98 Å². The lowest BCUT2D eigenvalue weighted by molar-refractivity contribution is 1.01. The van der Waals surface area contributed by atoms with Gasteiger partial charge >= 0.3 is 0 Å². The second kappa shape index (κ2) is 5.32. The van der Waals surface area contributed by atoms with Crippen LogP contribution in [0.5, 0.6) is 0 Å². The van der Waals surface area contributed by atoms with Crippen LogP contribution in [0.1, 0.15) is 17.0 Å². The first-order valence-corrected chi connectivity index (χ1v) is 6.37. The number of rotatable bonds is 3. The molecule has 3 heteroatoms. The molecule has 88 valence electrons. The minimum atomic E-state index is 0.740. The van der Waals surface area contributed by atoms with E-state index in [2.05, 4.69) is 51.4 Å². The van der Waals surface area contributed by atoms with Crippen molar-refractivity contribution in [3.05, 3.63) is 57.8 Å². The van der Waals surface area contributed by atoms with E-state index in [1.54, 1.807) is 0 Å². The normalized spacial score (nSPS) is 10.3. The Labute approximate surface area is 110 Å². The molecule has 0 fully saturated rings. The Kier molecular flexibility index (Phi) is 3.79. The molecule has 2 rings (SSSR count). The molecule has 0 bridgehead atoms. The van der Waals surface area contributed by atoms with Gasteiger partial charge in [0.25, 0.3) is 0 Å². The van der Waals surface area contributed by atoms with Gasteiger partial charge in [-0.1, -0.05) is 12.1 Å². The van der Waals surface area contributed by atoms with Crippen LogP contribution in [0.4, 0.5) is 5.69 Å². The highest BCUT2D eigenvalue weighted by Gasteiger charge is 2.00. The van der Waals surface area contributed by atoms with E-state index in [1.807, 2.05) is 25.1 Å². The average molecular weight is 291 g/mol. The first kappa shape index (κ1) is 12.1. The zero-order valence-corrected chi connectivity index (χ0v) is 11.6. The quantitative estimate of drug-likeness (QED) is 0.922. The summed E-state index contributed by atoms with van der Waals surface area (Å²) in [6.45, 7) is 4.83. The smallest absolute Gasteiger partial charge is 0.0597 e. The zero-order valence-electron chi connectivity index (χ0n) is 10.00. The zero-order chi connectivity index (χ0) is 12.3. The number of pyridine rings is 1. The van der Waals surface area contributed by atoms with Gasteiger partial charge in [-0.15, -0.1) is 0 Å². The van der Waals surface area contributed by atoms with Crippen molar-refractivity contribution < 1.29 is 0 Å². The second-order valence-electron chi connectivity index (χ2n) is 4.11. The van der Waals surface area contributed by atoms with Gasteiger partial charge in [0.1, 0.15) is 0 Å². The predicted molar refractivity (Wildman–Crippen MR) is 75.2 cm³/mol. The first-order valence-electron chi connectivity index (χ1n) is 5.58. The van der Waals surface area contributed by atoms with Crippen molar-refractivity contribution in [2.45, 2.75) is 20.4 Å². The van der Waals surface area contributed by atoms with Crippen LogP contribution in [0.15, 0.2) is 40.9 Å². The van der Waals surface area contributed by atoms with Gasteiger partial charge in [-0.25, -0.2) is 0 Å². The van der Waals surface area contributed by atoms with Crippen LogP contribution in [0.25, 0.3) is 0 Å². The number of nitrogens with zero attached hydrogens (tertiary/aromatic N) is 1. The van der Waals surface area contributed by atoms with E-state index in [0.717, 1.165) is 28.1 Å². The van der Waals surface area contributed by atoms with Gasteiger partial charge < -0.3 is 5.32 Å². The lowest BCUT2D eigenvalue weighted by Crippen LogP contribution is -2.02. The van der Waals surface area contributed by atoms with Gasteiger partial charge in [-0.05, 0) is 59.6 Å². The maximum absolute atomic E-state index is 4.46. The molecule has 2 nitrogen and oxygen atoms in total. The lowest BCUT2D eigenvalue weighted by atomic mass is 10.2. The summed E-state index contributed by atoms with van der Waals surface area (Å²) >= 11 is 3.54. The minimum Gasteiger partial charge on any atom is -0.378 e. The van der Waals surface area contributed by atoms with E-state index in [9.17, 15) is 0 Å². The molecule has 1 aromatic carbocycles. The largest absolute Gasteiger partial charge is 0.378 e. The van der Waals surface area contributed by atoms with Crippen LogP contribution in [0.3, 0.4) is 0 Å². The van der Waals surface area contributed by atoms with E-state index >= 15 is 0 Å². The number of hydrogen-bond acceptors (Lipinski definition) is 2. The molecule has 0 unspecified atom stereocenters. The van der Waals surface area contributed by atoms with Gasteiger partial charge in [0.05, 0.1) is 12.2 Å². The van der Waals surface area contributed by atoms with Crippen molar-refractivity contribution >= 4 is 21.6 Å². The monoisotopic (exact) mass is 290 g/mol. The highest BCUT2D eigenvalue weighted by atomic mass is 79.9. The molecule has 0 atom stereocenters. The fourth-order valence-electron chi connectivity index (χ4n) is 1.66. The maximum atomic E-state index is 4.46. The van der Waals surface area contributed by atoms with Gasteiger partial charge in [0.2, 0.25) is 0 Å². The molecule has 0 amide bonds. The Bertz CT molecular complexity index is 523. The Morgan fingerprint density at radius 3 is 2.76 bits per heavy atom. The van der Waals surface area contributed by atoms with Crippen LogP contribution < -0.4 is 5.32 Å². The molecule has 1 heterocycles. The molecule has 17 heavy (non-hydrogen) atoms. The van der Waals surface area contributed by atoms with E-state index in [4.69, 9.17) is 0 Å². The molecule has 0 aliphatic rings. The van der Waals surface area contributed by atoms with Crippen LogP contribution >= 0.6 is 15.9 Å². The fraction of sp³-hybridized carbons (Fsp3) is 0.214. The van der Waals surface area contributed by atoms with Crippen molar-refractivity contribution in [2.24, 2.45) is 0 Å². The van der Waals surface area contributed by atoms with E-state index in [-0.39, 0.29) is 0 Å². The van der Waals surface area contributed by atoms with Crippen LogP contribution in [-0.2, 0) is 6.54 Å². The Morgan fingerprint density at radius 1 is 1.18 bits per heavy atom. The van der Waals surface area contributed by atoms with E-state index in [1.165, 1.54) is 5.56 Å². The standard InChI is InChI=1S/C14H15BrN2/c1-10-6-7-13(15)14(8-10)16-9-12-5-3-4-11(2)17-12/h3-8,16H,9H2,1-2H3. The van der Waals surface area contributed by atoms with Crippen molar-refractivity contribution in [1.82, 2.24) is 4.98 Å². The Hall–Kier alpha value is -1.35. The number of benzene rings is 1. The number of hydrogen-bond donors (Lipinski definition) is 1. The summed E-state index contributed by atoms with van der Waals surface area (Å²) in [7, 11) is 0. The topological polar surface area (TPSA) is 24.9 Å². The molecular weight excluding hydrogens is 276 g/mol.